The fourth-order valence-electron chi connectivity index (χ4n) is 1.50. The minimum atomic E-state index is 0.0216. The molecule has 2 atom stereocenters. The zero-order valence-corrected chi connectivity index (χ0v) is 12.4. The lowest BCUT2D eigenvalue weighted by Crippen LogP contribution is -2.09. The van der Waals surface area contributed by atoms with Crippen LogP contribution in [-0.2, 0) is 10.2 Å². The number of ether oxygens (including phenoxy) is 1. The van der Waals surface area contributed by atoms with Gasteiger partial charge in [-0.1, -0.05) is 27.7 Å². The third-order valence-corrected chi connectivity index (χ3v) is 3.66. The van der Waals surface area contributed by atoms with Crippen molar-refractivity contribution >= 4 is 11.8 Å². The molecule has 0 aliphatic heterocycles. The zero-order valence-electron chi connectivity index (χ0n) is 11.6. The maximum atomic E-state index is 5.82. The van der Waals surface area contributed by atoms with E-state index >= 15 is 0 Å². The van der Waals surface area contributed by atoms with Gasteiger partial charge in [-0.05, 0) is 6.92 Å². The van der Waals surface area contributed by atoms with Gasteiger partial charge in [-0.3, -0.25) is 0 Å². The Labute approximate surface area is 108 Å². The van der Waals surface area contributed by atoms with Crippen molar-refractivity contribution in [2.45, 2.75) is 50.5 Å². The van der Waals surface area contributed by atoms with E-state index in [-0.39, 0.29) is 10.7 Å². The normalized spacial score (nSPS) is 15.9. The quantitative estimate of drug-likeness (QED) is 0.803. The maximum Gasteiger partial charge on any atom is 0.207 e. The first-order chi connectivity index (χ1) is 7.84. The first kappa shape index (κ1) is 14.6. The number of hydrogen-bond acceptors (Lipinski definition) is 4. The molecule has 1 aromatic rings. The average Bonchev–Trinajstić information content (AvgIpc) is 2.65. The molecule has 0 spiro atoms. The van der Waals surface area contributed by atoms with Gasteiger partial charge in [0.05, 0.1) is 18.1 Å². The van der Waals surface area contributed by atoms with Crippen LogP contribution in [0.3, 0.4) is 0 Å². The summed E-state index contributed by atoms with van der Waals surface area (Å²) in [7, 11) is 1.73. The second-order valence-corrected chi connectivity index (χ2v) is 7.14. The molecule has 17 heavy (non-hydrogen) atoms. The molecule has 0 N–H and O–H groups in total. The van der Waals surface area contributed by atoms with E-state index in [9.17, 15) is 0 Å². The molecular formula is C13H23NO2S. The highest BCUT2D eigenvalue weighted by atomic mass is 32.2. The van der Waals surface area contributed by atoms with E-state index in [0.717, 1.165) is 18.3 Å². The summed E-state index contributed by atoms with van der Waals surface area (Å²) in [6.45, 7) is 11.4. The van der Waals surface area contributed by atoms with Crippen molar-refractivity contribution in [1.29, 1.82) is 0 Å². The van der Waals surface area contributed by atoms with Gasteiger partial charge in [-0.25, -0.2) is 4.98 Å². The van der Waals surface area contributed by atoms with Gasteiger partial charge in [-0.15, -0.1) is 11.8 Å². The fraction of sp³-hybridized carbons (Fsp3) is 0.769. The van der Waals surface area contributed by atoms with Crippen LogP contribution in [-0.4, -0.2) is 24.0 Å². The van der Waals surface area contributed by atoms with E-state index < -0.39 is 0 Å². The average molecular weight is 257 g/mol. The molecule has 0 fully saturated rings. The van der Waals surface area contributed by atoms with Crippen molar-refractivity contribution in [3.05, 3.63) is 17.8 Å². The first-order valence-electron chi connectivity index (χ1n) is 5.95. The minimum Gasteiger partial charge on any atom is -0.444 e. The largest absolute Gasteiger partial charge is 0.444 e. The van der Waals surface area contributed by atoms with Crippen molar-refractivity contribution < 1.29 is 9.15 Å². The highest BCUT2D eigenvalue weighted by molar-refractivity contribution is 8.00. The van der Waals surface area contributed by atoms with E-state index in [1.165, 1.54) is 0 Å². The van der Waals surface area contributed by atoms with Gasteiger partial charge in [0.1, 0.15) is 5.76 Å². The van der Waals surface area contributed by atoms with Gasteiger partial charge in [0.15, 0.2) is 0 Å². The number of oxazole rings is 1. The summed E-state index contributed by atoms with van der Waals surface area (Å²) in [5.74, 6) is 1.75. The fourth-order valence-corrected chi connectivity index (χ4v) is 2.64. The summed E-state index contributed by atoms with van der Waals surface area (Å²) in [6, 6.07) is 0. The van der Waals surface area contributed by atoms with E-state index in [4.69, 9.17) is 9.15 Å². The molecule has 0 saturated carbocycles. The van der Waals surface area contributed by atoms with Crippen molar-refractivity contribution in [1.82, 2.24) is 4.98 Å². The smallest absolute Gasteiger partial charge is 0.207 e. The van der Waals surface area contributed by atoms with Crippen LogP contribution >= 0.6 is 11.8 Å². The SMILES string of the molecule is COC[C@H](C)S[C@H](C)c1ncc(C(C)(C)C)o1. The Morgan fingerprint density at radius 3 is 2.53 bits per heavy atom. The Bertz CT molecular complexity index is 343. The summed E-state index contributed by atoms with van der Waals surface area (Å²) >= 11 is 1.82. The summed E-state index contributed by atoms with van der Waals surface area (Å²) in [4.78, 5) is 4.37. The van der Waals surface area contributed by atoms with Crippen LogP contribution in [0, 0.1) is 0 Å². The number of aromatic nitrogens is 1. The Hall–Kier alpha value is -0.480. The van der Waals surface area contributed by atoms with Crippen molar-refractivity contribution in [2.75, 3.05) is 13.7 Å². The molecule has 1 aromatic heterocycles. The Balaban J connectivity index is 2.64. The molecule has 4 heteroatoms. The molecule has 1 rings (SSSR count). The second kappa shape index (κ2) is 5.91. The molecule has 0 aromatic carbocycles. The Kier molecular flexibility index (Phi) is 5.07. The molecule has 0 saturated heterocycles. The monoisotopic (exact) mass is 257 g/mol. The molecule has 0 radical (unpaired) electrons. The number of nitrogens with zero attached hydrogens (tertiary/aromatic N) is 1. The van der Waals surface area contributed by atoms with Gasteiger partial charge in [-0.2, -0.15) is 0 Å². The van der Waals surface area contributed by atoms with Crippen LogP contribution in [0.4, 0.5) is 0 Å². The van der Waals surface area contributed by atoms with E-state index in [0.29, 0.717) is 5.25 Å². The molecule has 0 amide bonds. The first-order valence-corrected chi connectivity index (χ1v) is 6.89. The zero-order chi connectivity index (χ0) is 13.1. The number of rotatable bonds is 5. The predicted molar refractivity (Wildman–Crippen MR) is 72.5 cm³/mol. The topological polar surface area (TPSA) is 35.3 Å². The lowest BCUT2D eigenvalue weighted by molar-refractivity contribution is 0.202. The van der Waals surface area contributed by atoms with Crippen LogP contribution in [0.1, 0.15) is 51.5 Å². The summed E-state index contributed by atoms with van der Waals surface area (Å²) in [5, 5.41) is 0.705. The van der Waals surface area contributed by atoms with Crippen LogP contribution in [0.2, 0.25) is 0 Å². The van der Waals surface area contributed by atoms with Crippen LogP contribution < -0.4 is 0 Å². The van der Waals surface area contributed by atoms with Gasteiger partial charge < -0.3 is 9.15 Å². The molecule has 98 valence electrons. The predicted octanol–water partition coefficient (Wildman–Crippen LogP) is 3.80. The molecule has 0 unspecified atom stereocenters. The number of thioether (sulfide) groups is 1. The summed E-state index contributed by atoms with van der Waals surface area (Å²) in [6.07, 6.45) is 1.84. The Morgan fingerprint density at radius 1 is 1.41 bits per heavy atom. The lowest BCUT2D eigenvalue weighted by atomic mass is 9.94. The van der Waals surface area contributed by atoms with Crippen molar-refractivity contribution in [3.63, 3.8) is 0 Å². The number of methoxy groups -OCH3 is 1. The van der Waals surface area contributed by atoms with Gasteiger partial charge in [0.2, 0.25) is 5.89 Å². The van der Waals surface area contributed by atoms with Gasteiger partial charge >= 0.3 is 0 Å². The minimum absolute atomic E-state index is 0.0216. The lowest BCUT2D eigenvalue weighted by Gasteiger charge is -2.15. The second-order valence-electron chi connectivity index (χ2n) is 5.36. The van der Waals surface area contributed by atoms with E-state index in [2.05, 4.69) is 39.6 Å². The third-order valence-electron chi connectivity index (χ3n) is 2.45. The van der Waals surface area contributed by atoms with E-state index in [1.807, 2.05) is 18.0 Å². The molecular weight excluding hydrogens is 234 g/mol. The van der Waals surface area contributed by atoms with Crippen LogP contribution in [0.15, 0.2) is 10.6 Å². The van der Waals surface area contributed by atoms with Crippen LogP contribution in [0.5, 0.6) is 0 Å². The molecule has 0 aliphatic rings. The van der Waals surface area contributed by atoms with Crippen LogP contribution in [0.25, 0.3) is 0 Å². The van der Waals surface area contributed by atoms with Gasteiger partial charge in [0, 0.05) is 17.8 Å². The van der Waals surface area contributed by atoms with Gasteiger partial charge in [0.25, 0.3) is 0 Å². The molecule has 1 heterocycles. The molecule has 0 aliphatic carbocycles. The summed E-state index contributed by atoms with van der Waals surface area (Å²) in [5.41, 5.74) is 0.0216. The Morgan fingerprint density at radius 2 is 2.06 bits per heavy atom. The van der Waals surface area contributed by atoms with Crippen molar-refractivity contribution in [3.8, 4) is 0 Å². The van der Waals surface area contributed by atoms with E-state index in [1.54, 1.807) is 7.11 Å². The molecule has 0 bridgehead atoms. The number of hydrogen-bond donors (Lipinski definition) is 0. The summed E-state index contributed by atoms with van der Waals surface area (Å²) < 4.78 is 10.9. The standard InChI is InChI=1S/C13H23NO2S/c1-9(8-15-6)17-10(2)12-14-7-11(16-12)13(3,4)5/h7,9-10H,8H2,1-6H3/t9-,10+/m0/s1. The highest BCUT2D eigenvalue weighted by Crippen LogP contribution is 2.33. The van der Waals surface area contributed by atoms with Crippen molar-refractivity contribution in [2.24, 2.45) is 0 Å². The molecule has 3 nitrogen and oxygen atoms in total. The third kappa shape index (κ3) is 4.36. The highest BCUT2D eigenvalue weighted by Gasteiger charge is 2.22. The maximum absolute atomic E-state index is 5.82.